The fourth-order valence-corrected chi connectivity index (χ4v) is 2.79. The van der Waals surface area contributed by atoms with E-state index in [0.29, 0.717) is 0 Å². The molecule has 1 unspecified atom stereocenters. The smallest absolute Gasteiger partial charge is 0.304 e. The van der Waals surface area contributed by atoms with E-state index >= 15 is 0 Å². The Kier molecular flexibility index (Phi) is 4.18. The predicted molar refractivity (Wildman–Crippen MR) is 69.8 cm³/mol. The van der Waals surface area contributed by atoms with Gasteiger partial charge in [-0.25, -0.2) is 0 Å². The number of carboxylic acids is 1. The van der Waals surface area contributed by atoms with Crippen LogP contribution in [0, 0.1) is 0 Å². The SMILES string of the molecule is O=C(O)CC1CCCN1Cc1ccccc1Br. The Hall–Kier alpha value is -0.870. The van der Waals surface area contributed by atoms with Gasteiger partial charge in [-0.1, -0.05) is 34.1 Å². The molecule has 0 amide bonds. The van der Waals surface area contributed by atoms with Gasteiger partial charge >= 0.3 is 5.97 Å². The van der Waals surface area contributed by atoms with Crippen LogP contribution in [0.5, 0.6) is 0 Å². The normalized spacial score (nSPS) is 20.6. The summed E-state index contributed by atoms with van der Waals surface area (Å²) in [5.74, 6) is -0.700. The van der Waals surface area contributed by atoms with Crippen molar-refractivity contribution in [3.05, 3.63) is 34.3 Å². The molecule has 1 aromatic rings. The highest BCUT2D eigenvalue weighted by Crippen LogP contribution is 2.25. The molecule has 1 fully saturated rings. The molecule has 0 bridgehead atoms. The first-order valence-electron chi connectivity index (χ1n) is 5.86. The molecule has 0 radical (unpaired) electrons. The second kappa shape index (κ2) is 5.65. The molecule has 0 aliphatic carbocycles. The lowest BCUT2D eigenvalue weighted by Gasteiger charge is -2.23. The third kappa shape index (κ3) is 3.30. The number of carboxylic acid groups (broad SMARTS) is 1. The van der Waals surface area contributed by atoms with E-state index in [1.807, 2.05) is 18.2 Å². The van der Waals surface area contributed by atoms with Gasteiger partial charge in [0.05, 0.1) is 6.42 Å². The second-order valence-corrected chi connectivity index (χ2v) is 5.31. The predicted octanol–water partition coefficient (Wildman–Crippen LogP) is 2.89. The molecule has 0 spiro atoms. The Bertz CT molecular complexity index is 408. The standard InChI is InChI=1S/C13H16BrNO2/c14-12-6-2-1-4-10(12)9-15-7-3-5-11(15)8-13(16)17/h1-2,4,6,11H,3,5,7-9H2,(H,16,17). The van der Waals surface area contributed by atoms with Gasteiger partial charge in [0.25, 0.3) is 0 Å². The second-order valence-electron chi connectivity index (χ2n) is 4.46. The summed E-state index contributed by atoms with van der Waals surface area (Å²) in [6.45, 7) is 1.83. The third-order valence-electron chi connectivity index (χ3n) is 3.24. The van der Waals surface area contributed by atoms with Gasteiger partial charge in [-0.3, -0.25) is 9.69 Å². The highest BCUT2D eigenvalue weighted by atomic mass is 79.9. The van der Waals surface area contributed by atoms with Crippen LogP contribution in [0.2, 0.25) is 0 Å². The van der Waals surface area contributed by atoms with Crippen molar-refractivity contribution in [3.63, 3.8) is 0 Å². The Labute approximate surface area is 110 Å². The van der Waals surface area contributed by atoms with Crippen molar-refractivity contribution in [2.45, 2.75) is 31.8 Å². The van der Waals surface area contributed by atoms with E-state index in [1.165, 1.54) is 5.56 Å². The zero-order valence-electron chi connectivity index (χ0n) is 9.60. The average Bonchev–Trinajstić information content (AvgIpc) is 2.68. The largest absolute Gasteiger partial charge is 0.481 e. The number of benzene rings is 1. The fourth-order valence-electron chi connectivity index (χ4n) is 2.38. The molecule has 1 heterocycles. The summed E-state index contributed by atoms with van der Waals surface area (Å²) in [6, 6.07) is 8.31. The molecule has 1 N–H and O–H groups in total. The van der Waals surface area contributed by atoms with Gasteiger partial charge in [-0.15, -0.1) is 0 Å². The van der Waals surface area contributed by atoms with Crippen molar-refractivity contribution in [3.8, 4) is 0 Å². The number of halogens is 1. The number of likely N-dealkylation sites (tertiary alicyclic amines) is 1. The zero-order chi connectivity index (χ0) is 12.3. The minimum atomic E-state index is -0.700. The molecule has 1 saturated heterocycles. The van der Waals surface area contributed by atoms with Gasteiger partial charge in [-0.2, -0.15) is 0 Å². The maximum absolute atomic E-state index is 10.8. The van der Waals surface area contributed by atoms with Crippen LogP contribution < -0.4 is 0 Å². The number of carbonyl (C=O) groups is 1. The number of hydrogen-bond donors (Lipinski definition) is 1. The van der Waals surface area contributed by atoms with E-state index in [0.717, 1.165) is 30.4 Å². The molecule has 0 saturated carbocycles. The maximum atomic E-state index is 10.8. The van der Waals surface area contributed by atoms with Crippen LogP contribution in [-0.2, 0) is 11.3 Å². The molecule has 3 nitrogen and oxygen atoms in total. The van der Waals surface area contributed by atoms with E-state index in [1.54, 1.807) is 0 Å². The highest BCUT2D eigenvalue weighted by Gasteiger charge is 2.26. The Morgan fingerprint density at radius 2 is 2.24 bits per heavy atom. The van der Waals surface area contributed by atoms with Crippen molar-refractivity contribution >= 4 is 21.9 Å². The molecular weight excluding hydrogens is 282 g/mol. The van der Waals surface area contributed by atoms with Crippen molar-refractivity contribution in [1.29, 1.82) is 0 Å². The van der Waals surface area contributed by atoms with Crippen LogP contribution in [0.1, 0.15) is 24.8 Å². The molecule has 1 atom stereocenters. The van der Waals surface area contributed by atoms with Crippen molar-refractivity contribution in [1.82, 2.24) is 4.90 Å². The summed E-state index contributed by atoms with van der Waals surface area (Å²) in [7, 11) is 0. The van der Waals surface area contributed by atoms with Crippen molar-refractivity contribution in [2.75, 3.05) is 6.54 Å². The number of rotatable bonds is 4. The number of nitrogens with zero attached hydrogens (tertiary/aromatic N) is 1. The van der Waals surface area contributed by atoms with Gasteiger partial charge in [0.2, 0.25) is 0 Å². The van der Waals surface area contributed by atoms with Crippen LogP contribution in [0.4, 0.5) is 0 Å². The first-order valence-corrected chi connectivity index (χ1v) is 6.65. The van der Waals surface area contributed by atoms with Gasteiger partial charge in [0.15, 0.2) is 0 Å². The van der Waals surface area contributed by atoms with E-state index in [-0.39, 0.29) is 12.5 Å². The summed E-state index contributed by atoms with van der Waals surface area (Å²) in [5.41, 5.74) is 1.23. The molecule has 2 rings (SSSR count). The Balaban J connectivity index is 2.03. The summed E-state index contributed by atoms with van der Waals surface area (Å²) in [6.07, 6.45) is 2.35. The minimum absolute atomic E-state index is 0.194. The van der Waals surface area contributed by atoms with Gasteiger partial charge in [0.1, 0.15) is 0 Å². The van der Waals surface area contributed by atoms with Crippen LogP contribution in [0.25, 0.3) is 0 Å². The summed E-state index contributed by atoms with van der Waals surface area (Å²) in [5, 5.41) is 8.88. The molecule has 17 heavy (non-hydrogen) atoms. The van der Waals surface area contributed by atoms with E-state index in [9.17, 15) is 4.79 Å². The van der Waals surface area contributed by atoms with Crippen LogP contribution >= 0.6 is 15.9 Å². The van der Waals surface area contributed by atoms with E-state index in [2.05, 4.69) is 26.9 Å². The maximum Gasteiger partial charge on any atom is 0.304 e. The summed E-state index contributed by atoms with van der Waals surface area (Å²) < 4.78 is 1.10. The third-order valence-corrected chi connectivity index (χ3v) is 4.01. The van der Waals surface area contributed by atoms with E-state index in [4.69, 9.17) is 5.11 Å². The molecular formula is C13H16BrNO2. The molecule has 4 heteroatoms. The Morgan fingerprint density at radius 1 is 1.47 bits per heavy atom. The molecule has 1 aliphatic heterocycles. The summed E-state index contributed by atoms with van der Waals surface area (Å²) in [4.78, 5) is 13.1. The lowest BCUT2D eigenvalue weighted by atomic mass is 10.1. The van der Waals surface area contributed by atoms with Gasteiger partial charge in [0, 0.05) is 17.1 Å². The minimum Gasteiger partial charge on any atom is -0.481 e. The Morgan fingerprint density at radius 3 is 2.94 bits per heavy atom. The van der Waals surface area contributed by atoms with E-state index < -0.39 is 5.97 Å². The summed E-state index contributed by atoms with van der Waals surface area (Å²) >= 11 is 3.53. The lowest BCUT2D eigenvalue weighted by Crippen LogP contribution is -2.30. The highest BCUT2D eigenvalue weighted by molar-refractivity contribution is 9.10. The molecule has 0 aromatic heterocycles. The first kappa shape index (κ1) is 12.6. The average molecular weight is 298 g/mol. The van der Waals surface area contributed by atoms with Crippen LogP contribution in [0.3, 0.4) is 0 Å². The van der Waals surface area contributed by atoms with Gasteiger partial charge in [-0.05, 0) is 31.0 Å². The number of aliphatic carboxylic acids is 1. The quantitative estimate of drug-likeness (QED) is 0.929. The molecule has 92 valence electrons. The van der Waals surface area contributed by atoms with Crippen LogP contribution in [0.15, 0.2) is 28.7 Å². The monoisotopic (exact) mass is 297 g/mol. The fraction of sp³-hybridized carbons (Fsp3) is 0.462. The number of hydrogen-bond acceptors (Lipinski definition) is 2. The topological polar surface area (TPSA) is 40.5 Å². The molecule has 1 aromatic carbocycles. The van der Waals surface area contributed by atoms with Crippen LogP contribution in [-0.4, -0.2) is 28.6 Å². The molecule has 1 aliphatic rings. The zero-order valence-corrected chi connectivity index (χ0v) is 11.2. The van der Waals surface area contributed by atoms with Crippen molar-refractivity contribution < 1.29 is 9.90 Å². The van der Waals surface area contributed by atoms with Gasteiger partial charge < -0.3 is 5.11 Å². The first-order chi connectivity index (χ1) is 8.16. The lowest BCUT2D eigenvalue weighted by molar-refractivity contribution is -0.138. The van der Waals surface area contributed by atoms with Crippen molar-refractivity contribution in [2.24, 2.45) is 0 Å².